The van der Waals surface area contributed by atoms with E-state index in [0.717, 1.165) is 4.40 Å². The molecule has 108 valence electrons. The molecule has 10 heteroatoms. The van der Waals surface area contributed by atoms with Crippen LogP contribution in [0.4, 0.5) is 5.95 Å². The van der Waals surface area contributed by atoms with Crippen LogP contribution in [0.15, 0.2) is 17.2 Å². The van der Waals surface area contributed by atoms with Gasteiger partial charge in [-0.2, -0.15) is 9.97 Å². The molecule has 0 aromatic carbocycles. The van der Waals surface area contributed by atoms with Gasteiger partial charge in [0.2, 0.25) is 11.7 Å². The topological polar surface area (TPSA) is 148 Å². The largest absolute Gasteiger partial charge is 0.394 e. The fraction of sp³-hybridized carbons (Fsp3) is 0.500. The lowest BCUT2D eigenvalue weighted by molar-refractivity contribution is -0.0510. The Morgan fingerprint density at radius 1 is 1.30 bits per heavy atom. The highest BCUT2D eigenvalue weighted by Crippen LogP contribution is 2.30. The van der Waals surface area contributed by atoms with Crippen LogP contribution in [-0.2, 0) is 4.74 Å². The number of nitrogens with two attached hydrogens (primary N) is 1. The van der Waals surface area contributed by atoms with Crippen molar-refractivity contribution in [3.05, 3.63) is 22.9 Å². The van der Waals surface area contributed by atoms with Gasteiger partial charge in [0.15, 0.2) is 6.23 Å². The molecule has 10 nitrogen and oxygen atoms in total. The first-order chi connectivity index (χ1) is 9.52. The third kappa shape index (κ3) is 1.78. The summed E-state index contributed by atoms with van der Waals surface area (Å²) in [6.45, 7) is -0.439. The van der Waals surface area contributed by atoms with E-state index in [2.05, 4.69) is 9.97 Å². The molecule has 2 aromatic rings. The number of fused-ring (bicyclic) bond motifs is 1. The average Bonchev–Trinajstić information content (AvgIpc) is 2.93. The maximum Gasteiger partial charge on any atom is 0.357 e. The number of ether oxygens (including phenoxy) is 1. The minimum Gasteiger partial charge on any atom is -0.394 e. The molecule has 0 saturated carbocycles. The summed E-state index contributed by atoms with van der Waals surface area (Å²) >= 11 is 0. The number of imidazole rings is 1. The van der Waals surface area contributed by atoms with Crippen molar-refractivity contribution in [3.63, 3.8) is 0 Å². The lowest BCUT2D eigenvalue weighted by Gasteiger charge is -2.16. The zero-order valence-corrected chi connectivity index (χ0v) is 10.2. The normalized spacial score (nSPS) is 30.1. The minimum absolute atomic E-state index is 0.123. The number of anilines is 1. The summed E-state index contributed by atoms with van der Waals surface area (Å²) in [6.07, 6.45) is -1.56. The van der Waals surface area contributed by atoms with Crippen molar-refractivity contribution in [3.8, 4) is 0 Å². The molecule has 1 unspecified atom stereocenters. The maximum atomic E-state index is 11.6. The highest BCUT2D eigenvalue weighted by molar-refractivity contribution is 5.35. The summed E-state index contributed by atoms with van der Waals surface area (Å²) in [6, 6.07) is 0. The van der Waals surface area contributed by atoms with Crippen molar-refractivity contribution in [2.24, 2.45) is 0 Å². The Morgan fingerprint density at radius 2 is 2.05 bits per heavy atom. The van der Waals surface area contributed by atoms with Crippen molar-refractivity contribution in [1.82, 2.24) is 18.9 Å². The lowest BCUT2D eigenvalue weighted by Crippen LogP contribution is -2.33. The first-order valence-electron chi connectivity index (χ1n) is 5.88. The first-order valence-corrected chi connectivity index (χ1v) is 5.88. The molecule has 20 heavy (non-hydrogen) atoms. The predicted molar refractivity (Wildman–Crippen MR) is 64.7 cm³/mol. The molecule has 0 bridgehead atoms. The molecule has 1 fully saturated rings. The summed E-state index contributed by atoms with van der Waals surface area (Å²) in [4.78, 5) is 19.0. The monoisotopic (exact) mass is 283 g/mol. The van der Waals surface area contributed by atoms with Gasteiger partial charge in [-0.05, 0) is 0 Å². The Hall–Kier alpha value is -2.01. The molecule has 3 rings (SSSR count). The van der Waals surface area contributed by atoms with Crippen LogP contribution >= 0.6 is 0 Å². The molecular formula is C10H13N5O5. The van der Waals surface area contributed by atoms with Crippen LogP contribution in [0.5, 0.6) is 0 Å². The molecule has 2 aromatic heterocycles. The molecule has 0 amide bonds. The van der Waals surface area contributed by atoms with Gasteiger partial charge in [-0.25, -0.2) is 9.20 Å². The van der Waals surface area contributed by atoms with E-state index >= 15 is 0 Å². The van der Waals surface area contributed by atoms with Crippen LogP contribution < -0.4 is 11.4 Å². The second kappa shape index (κ2) is 4.52. The Bertz CT molecular complexity index is 697. The lowest BCUT2D eigenvalue weighted by atomic mass is 10.1. The Balaban J connectivity index is 2.09. The van der Waals surface area contributed by atoms with Crippen LogP contribution in [0.1, 0.15) is 6.23 Å². The van der Waals surface area contributed by atoms with Gasteiger partial charge in [0.1, 0.15) is 18.3 Å². The first kappa shape index (κ1) is 13.0. The summed E-state index contributed by atoms with van der Waals surface area (Å²) in [5.41, 5.74) is 4.81. The standard InChI is InChI=1S/C10H13N5O5/c11-8-12-9-14(1-2-15(9)10(19)13-8)7-6(18)5(17)4(3-16)20-7/h1-2,4-7,16-18H,3H2,(H2,11,13,19)/t4-,5-,6-,7?/m1/s1. The number of rotatable bonds is 2. The number of aromatic nitrogens is 4. The predicted octanol–water partition coefficient (Wildman–Crippen LogP) is -2.92. The second-order valence-corrected chi connectivity index (χ2v) is 4.47. The molecule has 5 N–H and O–H groups in total. The van der Waals surface area contributed by atoms with Crippen molar-refractivity contribution in [2.45, 2.75) is 24.5 Å². The van der Waals surface area contributed by atoms with E-state index in [9.17, 15) is 15.0 Å². The number of aliphatic hydroxyl groups excluding tert-OH is 3. The van der Waals surface area contributed by atoms with Crippen molar-refractivity contribution >= 4 is 11.7 Å². The summed E-state index contributed by atoms with van der Waals surface area (Å²) in [5, 5.41) is 28.8. The second-order valence-electron chi connectivity index (χ2n) is 4.47. The zero-order chi connectivity index (χ0) is 14.4. The molecule has 4 atom stereocenters. The van der Waals surface area contributed by atoms with E-state index in [1.807, 2.05) is 0 Å². The fourth-order valence-corrected chi connectivity index (χ4v) is 2.24. The van der Waals surface area contributed by atoms with E-state index in [4.69, 9.17) is 15.6 Å². The van der Waals surface area contributed by atoms with E-state index in [1.54, 1.807) is 0 Å². The Morgan fingerprint density at radius 3 is 2.70 bits per heavy atom. The van der Waals surface area contributed by atoms with Gasteiger partial charge in [-0.3, -0.25) is 4.57 Å². The number of aliphatic hydroxyl groups is 3. The highest BCUT2D eigenvalue weighted by Gasteiger charge is 2.43. The van der Waals surface area contributed by atoms with E-state index < -0.39 is 36.8 Å². The van der Waals surface area contributed by atoms with Gasteiger partial charge >= 0.3 is 5.69 Å². The van der Waals surface area contributed by atoms with Crippen molar-refractivity contribution in [2.75, 3.05) is 12.3 Å². The van der Waals surface area contributed by atoms with Crippen LogP contribution in [0.2, 0.25) is 0 Å². The van der Waals surface area contributed by atoms with E-state index in [1.165, 1.54) is 17.0 Å². The molecular weight excluding hydrogens is 270 g/mol. The number of nitrogens with zero attached hydrogens (tertiary/aromatic N) is 4. The highest BCUT2D eigenvalue weighted by atomic mass is 16.6. The van der Waals surface area contributed by atoms with Gasteiger partial charge < -0.3 is 25.8 Å². The summed E-state index contributed by atoms with van der Waals surface area (Å²) in [5.74, 6) is -0.0842. The Kier molecular flexibility index (Phi) is 2.94. The quantitative estimate of drug-likeness (QED) is 0.458. The van der Waals surface area contributed by atoms with E-state index in [0.29, 0.717) is 0 Å². The summed E-state index contributed by atoms with van der Waals surface area (Å²) in [7, 11) is 0. The smallest absolute Gasteiger partial charge is 0.357 e. The SMILES string of the molecule is Nc1nc(=O)n2ccn(C3O[C@H](CO)[C@@H](O)[C@H]3O)c2n1. The average molecular weight is 283 g/mol. The maximum absolute atomic E-state index is 11.6. The van der Waals surface area contributed by atoms with E-state index in [-0.39, 0.29) is 11.7 Å². The number of nitrogen functional groups attached to an aromatic ring is 1. The van der Waals surface area contributed by atoms with Gasteiger partial charge in [0, 0.05) is 12.4 Å². The molecule has 0 spiro atoms. The number of hydrogen-bond donors (Lipinski definition) is 4. The zero-order valence-electron chi connectivity index (χ0n) is 10.2. The van der Waals surface area contributed by atoms with Crippen LogP contribution in [0, 0.1) is 0 Å². The summed E-state index contributed by atoms with van der Waals surface area (Å²) < 4.78 is 7.84. The number of hydrogen-bond acceptors (Lipinski definition) is 8. The molecule has 0 aliphatic carbocycles. The van der Waals surface area contributed by atoms with Gasteiger partial charge in [-0.15, -0.1) is 0 Å². The molecule has 0 radical (unpaired) electrons. The van der Waals surface area contributed by atoms with Crippen LogP contribution in [0.3, 0.4) is 0 Å². The van der Waals surface area contributed by atoms with Crippen molar-refractivity contribution in [1.29, 1.82) is 0 Å². The fourth-order valence-electron chi connectivity index (χ4n) is 2.24. The third-order valence-electron chi connectivity index (χ3n) is 3.24. The molecule has 1 aliphatic rings. The molecule has 3 heterocycles. The molecule has 1 saturated heterocycles. The van der Waals surface area contributed by atoms with Gasteiger partial charge in [0.25, 0.3) is 0 Å². The van der Waals surface area contributed by atoms with Gasteiger partial charge in [-0.1, -0.05) is 0 Å². The Labute approximate surface area is 111 Å². The molecule has 1 aliphatic heterocycles. The van der Waals surface area contributed by atoms with Crippen LogP contribution in [-0.4, -0.2) is 59.2 Å². The van der Waals surface area contributed by atoms with Gasteiger partial charge in [0.05, 0.1) is 6.61 Å². The minimum atomic E-state index is -1.27. The van der Waals surface area contributed by atoms with Crippen molar-refractivity contribution < 1.29 is 20.1 Å². The third-order valence-corrected chi connectivity index (χ3v) is 3.24. The van der Waals surface area contributed by atoms with Crippen LogP contribution in [0.25, 0.3) is 5.78 Å².